The van der Waals surface area contributed by atoms with Gasteiger partial charge in [-0.05, 0) is 97.9 Å². The van der Waals surface area contributed by atoms with Crippen molar-refractivity contribution in [3.63, 3.8) is 0 Å². The summed E-state index contributed by atoms with van der Waals surface area (Å²) in [6, 6.07) is 48.5. The number of aliphatic hydroxyl groups is 1. The molecule has 432 valence electrons. The van der Waals surface area contributed by atoms with E-state index in [2.05, 4.69) is 85.9 Å². The van der Waals surface area contributed by atoms with Crippen molar-refractivity contribution in [2.24, 2.45) is 0 Å². The summed E-state index contributed by atoms with van der Waals surface area (Å²) in [5.41, 5.74) is -0.962. The number of benzene rings is 5. The van der Waals surface area contributed by atoms with Gasteiger partial charge in [0.05, 0.1) is 16.6 Å². The Bertz CT molecular complexity index is 2470. The highest BCUT2D eigenvalue weighted by Crippen LogP contribution is 2.30. The van der Waals surface area contributed by atoms with E-state index >= 15 is 0 Å². The maximum absolute atomic E-state index is 13.4. The van der Waals surface area contributed by atoms with Crippen LogP contribution < -0.4 is 20.7 Å². The van der Waals surface area contributed by atoms with Crippen molar-refractivity contribution in [3.8, 4) is 0 Å². The van der Waals surface area contributed by atoms with E-state index in [1.807, 2.05) is 95.0 Å². The minimum Gasteiger partial charge on any atom is -0.459 e. The molecule has 18 heteroatoms. The van der Waals surface area contributed by atoms with Gasteiger partial charge in [0.1, 0.15) is 33.5 Å². The third kappa shape index (κ3) is 21.1. The first-order valence-electron chi connectivity index (χ1n) is 26.4. The van der Waals surface area contributed by atoms with Crippen LogP contribution in [0.1, 0.15) is 113 Å². The van der Waals surface area contributed by atoms with Crippen molar-refractivity contribution in [1.82, 2.24) is 9.80 Å². The fourth-order valence-electron chi connectivity index (χ4n) is 10.1. The average Bonchev–Trinajstić information content (AvgIpc) is 4.04. The first-order valence-corrected chi connectivity index (χ1v) is 31.1. The predicted molar refractivity (Wildman–Crippen MR) is 346 cm³/mol. The highest BCUT2D eigenvalue weighted by molar-refractivity contribution is 7.59. The Morgan fingerprint density at radius 3 is 1.29 bits per heavy atom. The molecule has 78 heavy (non-hydrogen) atoms. The van der Waals surface area contributed by atoms with Crippen LogP contribution in [0.4, 0.5) is 15.3 Å². The van der Waals surface area contributed by atoms with Gasteiger partial charge in [-0.1, -0.05) is 176 Å². The van der Waals surface area contributed by atoms with Gasteiger partial charge in [-0.3, -0.25) is 10.1 Å². The Hall–Kier alpha value is -4.70. The number of nitro groups is 1. The average molecular weight is 1180 g/mol. The molecule has 2 heterocycles. The van der Waals surface area contributed by atoms with Crippen molar-refractivity contribution in [3.05, 3.63) is 161 Å². The number of carbonyl (C=O) groups excluding carboxylic acids is 3. The fourth-order valence-corrected chi connectivity index (χ4v) is 17.6. The van der Waals surface area contributed by atoms with Crippen LogP contribution in [0, 0.1) is 10.1 Å². The van der Waals surface area contributed by atoms with Crippen LogP contribution in [-0.4, -0.2) is 103 Å². The summed E-state index contributed by atoms with van der Waals surface area (Å²) in [7, 11) is -4.53. The maximum Gasteiger partial charge on any atom is 0.410 e. The second-order valence-electron chi connectivity index (χ2n) is 21.4. The van der Waals surface area contributed by atoms with E-state index in [0.717, 1.165) is 31.7 Å². The molecule has 0 spiro atoms. The zero-order valence-corrected chi connectivity index (χ0v) is 52.5. The molecule has 2 fully saturated rings. The molecule has 2 amide bonds. The van der Waals surface area contributed by atoms with Crippen molar-refractivity contribution in [1.29, 1.82) is 0 Å². The van der Waals surface area contributed by atoms with E-state index in [0.29, 0.717) is 38.9 Å². The van der Waals surface area contributed by atoms with E-state index in [4.69, 9.17) is 15.6 Å². The molecule has 2 saturated heterocycles. The van der Waals surface area contributed by atoms with E-state index in [-0.39, 0.29) is 96.9 Å². The Morgan fingerprint density at radius 1 is 0.628 bits per heavy atom. The summed E-state index contributed by atoms with van der Waals surface area (Å²) in [6.45, 7) is 19.4. The number of ether oxygens (including phenoxy) is 3. The third-order valence-corrected chi connectivity index (χ3v) is 22.6. The zero-order valence-electron chi connectivity index (χ0n) is 47.5. The molecule has 0 aliphatic carbocycles. The molecule has 0 radical (unpaired) electrons. The number of nitro benzene ring substituents is 1. The lowest BCUT2D eigenvalue weighted by atomic mass is 10.1. The fraction of sp³-hybridized carbons (Fsp3) is 0.450. The molecule has 5 aromatic rings. The number of non-ortho nitro benzene ring substituents is 1. The van der Waals surface area contributed by atoms with Crippen molar-refractivity contribution < 1.29 is 40.0 Å². The van der Waals surface area contributed by atoms with Gasteiger partial charge in [0.25, 0.3) is 5.69 Å². The van der Waals surface area contributed by atoms with Crippen LogP contribution in [0.2, 0.25) is 25.2 Å². The molecule has 2 aliphatic heterocycles. The monoisotopic (exact) mass is 1180 g/mol. The van der Waals surface area contributed by atoms with Crippen LogP contribution in [0.15, 0.2) is 146 Å². The molecular weight excluding hydrogens is 1090 g/mol. The lowest BCUT2D eigenvalue weighted by Gasteiger charge is -2.35. The summed E-state index contributed by atoms with van der Waals surface area (Å²) in [6.07, 6.45) is 3.02. The van der Waals surface area contributed by atoms with E-state index < -0.39 is 50.5 Å². The van der Waals surface area contributed by atoms with Crippen LogP contribution in [-0.2, 0) is 14.2 Å². The lowest BCUT2D eigenvalue weighted by Crippen LogP contribution is -2.58. The third-order valence-electron chi connectivity index (χ3n) is 13.6. The van der Waals surface area contributed by atoms with Crippen molar-refractivity contribution in [2.45, 2.75) is 162 Å². The van der Waals surface area contributed by atoms with Gasteiger partial charge in [-0.15, -0.1) is 0 Å². The van der Waals surface area contributed by atoms with Crippen LogP contribution in [0.5, 0.6) is 0 Å². The van der Waals surface area contributed by atoms with Crippen LogP contribution in [0.3, 0.4) is 0 Å². The summed E-state index contributed by atoms with van der Waals surface area (Å²) in [5, 5.41) is 27.3. The molecule has 1 N–H and O–H groups in total. The minimum absolute atomic E-state index is 0. The van der Waals surface area contributed by atoms with Gasteiger partial charge in [-0.2, -0.15) is 54.0 Å². The number of rotatable bonds is 15. The van der Waals surface area contributed by atoms with Gasteiger partial charge >= 0.3 is 18.2 Å². The molecule has 7 rings (SSSR count). The molecule has 0 unspecified atom stereocenters. The number of amides is 2. The van der Waals surface area contributed by atoms with E-state index in [1.54, 1.807) is 11.8 Å². The first kappa shape index (κ1) is 71.3. The number of likely N-dealkylation sites (tertiary alicyclic amines) is 2. The largest absolute Gasteiger partial charge is 0.459 e. The summed E-state index contributed by atoms with van der Waals surface area (Å²) >= 11 is 0. The molecule has 12 nitrogen and oxygen atoms in total. The number of hydrogen-bond donors (Lipinski definition) is 1. The Morgan fingerprint density at radius 2 is 0.962 bits per heavy atom. The van der Waals surface area contributed by atoms with Crippen molar-refractivity contribution in [2.75, 3.05) is 13.1 Å². The molecule has 0 saturated carbocycles. The molecular formula is C60H91N3O9S4Si2. The molecule has 2 aliphatic rings. The maximum atomic E-state index is 13.4. The standard InChI is InChI=1S/C32H38N2O6Si.C25H35NO3Si.C2H6.CH4.4H2S/c1-32(2,3)40-31(36)33-21-11-12-26(33)22-27(39-30(35)24-17-19-25(20-18-24)34(37)38)23-41(4,28-13-7-5-8-14-28)29-15-9-6-10-16-29;1-25(2,3)29-24(28)26-17-11-12-20(26)18-21(27)19-30(4,22-13-7-5-8-14-22)23-15-9-6-10-16-23;1-2;;;;;/h5-10,13-20,26-27H,11-12,21-23H2,1-4H3;5-10,13-16,20-21,27H,11-12,17-19H2,1-4H3;1-2H3;1H4;4*1H2/t26-,27-;20-,21-;;;;;;/m00....../s1/i;;1D;;;;;. The van der Waals surface area contributed by atoms with Crippen LogP contribution in [0.25, 0.3) is 0 Å². The SMILES string of the molecule is C.CC(C)(C)OC(=O)N1CCC[C@H]1C[C@@H](C[Si](C)(c1ccccc1)c1ccccc1)OC(=O)c1ccc([N+](=O)[O-])cc1.CC(C)(C)OC(=O)N1CCC[C@H]1C[C@H](O)C[Si](C)(c1ccccc1)c1ccccc1.S.S.S.S.[2H]CC. The topological polar surface area (TPSA) is 149 Å². The highest BCUT2D eigenvalue weighted by Gasteiger charge is 2.41. The Labute approximate surface area is 497 Å². The molecule has 5 aromatic carbocycles. The summed E-state index contributed by atoms with van der Waals surface area (Å²) in [5.74, 6) is -0.538. The predicted octanol–water partition coefficient (Wildman–Crippen LogP) is 11.9. The smallest absolute Gasteiger partial charge is 0.410 e. The van der Waals surface area contributed by atoms with Gasteiger partial charge < -0.3 is 29.1 Å². The Kier molecular flexibility index (Phi) is 30.9. The molecule has 4 atom stereocenters. The molecule has 0 aromatic heterocycles. The van der Waals surface area contributed by atoms with Gasteiger partial charge in [0.15, 0.2) is 0 Å². The molecule has 0 bridgehead atoms. The Balaban J connectivity index is 0.00000143. The second-order valence-corrected chi connectivity index (χ2v) is 29.9. The number of carbonyl (C=O) groups is 3. The number of aliphatic hydroxyl groups excluding tert-OH is 1. The number of nitrogens with zero attached hydrogens (tertiary/aromatic N) is 3. The quantitative estimate of drug-likeness (QED) is 0.0355. The van der Waals surface area contributed by atoms with Gasteiger partial charge in [0, 0.05) is 45.1 Å². The minimum atomic E-state index is -2.42. The summed E-state index contributed by atoms with van der Waals surface area (Å²) in [4.78, 5) is 53.3. The second kappa shape index (κ2) is 33.8. The lowest BCUT2D eigenvalue weighted by molar-refractivity contribution is -0.384. The first-order chi connectivity index (χ1) is 35.1. The van der Waals surface area contributed by atoms with E-state index in [1.165, 1.54) is 45.0 Å². The van der Waals surface area contributed by atoms with E-state index in [9.17, 15) is 29.6 Å². The van der Waals surface area contributed by atoms with Crippen molar-refractivity contribution >= 4 is 115 Å². The van der Waals surface area contributed by atoms with Gasteiger partial charge in [-0.25, -0.2) is 14.4 Å². The number of esters is 1. The normalized spacial score (nSPS) is 15.8. The highest BCUT2D eigenvalue weighted by atomic mass is 32.1. The number of hydrogen-bond acceptors (Lipinski definition) is 9. The zero-order chi connectivity index (χ0) is 54.1. The summed E-state index contributed by atoms with van der Waals surface area (Å²) < 4.78 is 23.7. The van der Waals surface area contributed by atoms with Gasteiger partial charge in [0.2, 0.25) is 0 Å². The van der Waals surface area contributed by atoms with Crippen LogP contribution >= 0.6 is 54.0 Å².